The summed E-state index contributed by atoms with van der Waals surface area (Å²) in [6.07, 6.45) is 1.61. The summed E-state index contributed by atoms with van der Waals surface area (Å²) in [5.41, 5.74) is 2.55. The molecule has 0 saturated heterocycles. The minimum atomic E-state index is 0.583. The van der Waals surface area contributed by atoms with Crippen molar-refractivity contribution in [1.29, 1.82) is 0 Å². The Labute approximate surface area is 122 Å². The zero-order valence-electron chi connectivity index (χ0n) is 9.02. The molecule has 1 N–H and O–H groups in total. The summed E-state index contributed by atoms with van der Waals surface area (Å²) in [7, 11) is 0. The lowest BCUT2D eigenvalue weighted by Gasteiger charge is -2.04. The Hall–Kier alpha value is -1.17. The van der Waals surface area contributed by atoms with E-state index in [0.29, 0.717) is 9.79 Å². The molecule has 3 aromatic rings. The molecule has 0 aliphatic rings. The zero-order chi connectivity index (χ0) is 12.7. The van der Waals surface area contributed by atoms with Gasteiger partial charge in [-0.15, -0.1) is 0 Å². The molecule has 6 heteroatoms. The number of hydrogen-bond donors (Lipinski definition) is 1. The highest BCUT2D eigenvalue weighted by Gasteiger charge is 2.08. The number of hydrogen-bond acceptors (Lipinski definition) is 2. The SMILES string of the molecule is S=c1[nH]c2cc(Cl)cnc2n1-c1cccc(Br)c1. The normalized spacial score (nSPS) is 11.0. The van der Waals surface area contributed by atoms with Crippen LogP contribution in [0.3, 0.4) is 0 Å². The Kier molecular flexibility index (Phi) is 2.97. The number of fused-ring (bicyclic) bond motifs is 1. The molecule has 1 aromatic carbocycles. The summed E-state index contributed by atoms with van der Waals surface area (Å²) in [6, 6.07) is 9.69. The second kappa shape index (κ2) is 4.50. The number of imidazole rings is 1. The predicted molar refractivity (Wildman–Crippen MR) is 79.0 cm³/mol. The lowest BCUT2D eigenvalue weighted by Crippen LogP contribution is -1.95. The second-order valence-electron chi connectivity index (χ2n) is 3.77. The van der Waals surface area contributed by atoms with E-state index in [1.165, 1.54) is 0 Å². The van der Waals surface area contributed by atoms with E-state index in [1.807, 2.05) is 34.9 Å². The molecule has 0 amide bonds. The van der Waals surface area contributed by atoms with E-state index in [-0.39, 0.29) is 0 Å². The van der Waals surface area contributed by atoms with Crippen LogP contribution in [0.15, 0.2) is 41.0 Å². The molecule has 90 valence electrons. The smallest absolute Gasteiger partial charge is 0.183 e. The van der Waals surface area contributed by atoms with Gasteiger partial charge >= 0.3 is 0 Å². The van der Waals surface area contributed by atoms with Gasteiger partial charge in [0.15, 0.2) is 10.4 Å². The van der Waals surface area contributed by atoms with Gasteiger partial charge in [0, 0.05) is 10.7 Å². The van der Waals surface area contributed by atoms with Crippen LogP contribution in [0.2, 0.25) is 5.02 Å². The highest BCUT2D eigenvalue weighted by molar-refractivity contribution is 9.10. The molecule has 3 nitrogen and oxygen atoms in total. The van der Waals surface area contributed by atoms with E-state index in [4.69, 9.17) is 23.8 Å². The fourth-order valence-corrected chi connectivity index (χ4v) is 2.67. The number of aromatic nitrogens is 3. The second-order valence-corrected chi connectivity index (χ2v) is 5.51. The monoisotopic (exact) mass is 339 g/mol. The van der Waals surface area contributed by atoms with Gasteiger partial charge in [-0.1, -0.05) is 33.6 Å². The number of nitrogens with one attached hydrogen (secondary N) is 1. The number of aromatic amines is 1. The minimum absolute atomic E-state index is 0.583. The first-order valence-electron chi connectivity index (χ1n) is 5.17. The Morgan fingerprint density at radius 3 is 2.94 bits per heavy atom. The molecule has 0 radical (unpaired) electrons. The van der Waals surface area contributed by atoms with E-state index in [2.05, 4.69) is 25.9 Å². The third-order valence-electron chi connectivity index (χ3n) is 2.56. The Bertz CT molecular complexity index is 793. The standard InChI is InChI=1S/C12H7BrClN3S/c13-7-2-1-3-9(4-7)17-11-10(16-12(17)18)5-8(14)6-15-11/h1-6H,(H,16,18). The third kappa shape index (κ3) is 1.98. The van der Waals surface area contributed by atoms with E-state index >= 15 is 0 Å². The third-order valence-corrected chi connectivity index (χ3v) is 3.54. The Morgan fingerprint density at radius 2 is 2.17 bits per heavy atom. The molecule has 0 aliphatic heterocycles. The average molecular weight is 341 g/mol. The van der Waals surface area contributed by atoms with Gasteiger partial charge in [-0.2, -0.15) is 0 Å². The predicted octanol–water partition coefficient (Wildman–Crippen LogP) is 4.50. The molecule has 0 atom stereocenters. The lowest BCUT2D eigenvalue weighted by molar-refractivity contribution is 1.04. The quantitative estimate of drug-likeness (QED) is 0.662. The summed E-state index contributed by atoms with van der Waals surface area (Å²) < 4.78 is 3.47. The van der Waals surface area contributed by atoms with Crippen molar-refractivity contribution in [3.05, 3.63) is 50.8 Å². The molecule has 18 heavy (non-hydrogen) atoms. The van der Waals surface area contributed by atoms with E-state index in [9.17, 15) is 0 Å². The van der Waals surface area contributed by atoms with Crippen LogP contribution in [0.4, 0.5) is 0 Å². The summed E-state index contributed by atoms with van der Waals surface area (Å²) in [5, 5.41) is 0.583. The molecule has 0 aliphatic carbocycles. The Morgan fingerprint density at radius 1 is 1.33 bits per heavy atom. The number of pyridine rings is 1. The van der Waals surface area contributed by atoms with Gasteiger partial charge in [-0.05, 0) is 36.5 Å². The fourth-order valence-electron chi connectivity index (χ4n) is 1.82. The summed E-state index contributed by atoms with van der Waals surface area (Å²) in [5.74, 6) is 0. The van der Waals surface area contributed by atoms with E-state index in [1.54, 1.807) is 6.20 Å². The molecular formula is C12H7BrClN3S. The zero-order valence-corrected chi connectivity index (χ0v) is 12.2. The number of nitrogens with zero attached hydrogens (tertiary/aromatic N) is 2. The molecule has 0 bridgehead atoms. The first-order valence-corrected chi connectivity index (χ1v) is 6.75. The Balaban J connectivity index is 2.35. The number of rotatable bonds is 1. The number of halogens is 2. The van der Waals surface area contributed by atoms with E-state index < -0.39 is 0 Å². The van der Waals surface area contributed by atoms with E-state index in [0.717, 1.165) is 21.3 Å². The van der Waals surface area contributed by atoms with Gasteiger partial charge in [0.1, 0.15) is 0 Å². The fraction of sp³-hybridized carbons (Fsp3) is 0. The van der Waals surface area contributed by atoms with Crippen LogP contribution >= 0.6 is 39.7 Å². The highest BCUT2D eigenvalue weighted by atomic mass is 79.9. The molecule has 0 spiro atoms. The largest absolute Gasteiger partial charge is 0.329 e. The van der Waals surface area contributed by atoms with Crippen LogP contribution in [0, 0.1) is 4.77 Å². The molecule has 0 fully saturated rings. The topological polar surface area (TPSA) is 33.6 Å². The first kappa shape index (κ1) is 11.9. The molecule has 0 unspecified atom stereocenters. The minimum Gasteiger partial charge on any atom is -0.329 e. The van der Waals surface area contributed by atoms with Crippen LogP contribution in [0.5, 0.6) is 0 Å². The van der Waals surface area contributed by atoms with Crippen molar-refractivity contribution in [2.75, 3.05) is 0 Å². The van der Waals surface area contributed by atoms with Crippen LogP contribution in [0.1, 0.15) is 0 Å². The van der Waals surface area contributed by atoms with Gasteiger partial charge in [0.05, 0.1) is 16.2 Å². The number of H-pyrrole nitrogens is 1. The summed E-state index contributed by atoms with van der Waals surface area (Å²) in [4.78, 5) is 7.43. The van der Waals surface area contributed by atoms with Crippen molar-refractivity contribution in [3.8, 4) is 5.69 Å². The van der Waals surface area contributed by atoms with Crippen molar-refractivity contribution >= 4 is 50.9 Å². The van der Waals surface area contributed by atoms with Crippen molar-refractivity contribution in [1.82, 2.24) is 14.5 Å². The molecule has 2 heterocycles. The highest BCUT2D eigenvalue weighted by Crippen LogP contribution is 2.22. The van der Waals surface area contributed by atoms with Crippen LogP contribution in [0.25, 0.3) is 16.9 Å². The van der Waals surface area contributed by atoms with Gasteiger partial charge in [-0.3, -0.25) is 4.57 Å². The molecule has 0 saturated carbocycles. The molecular weight excluding hydrogens is 334 g/mol. The van der Waals surface area contributed by atoms with Crippen molar-refractivity contribution in [3.63, 3.8) is 0 Å². The lowest BCUT2D eigenvalue weighted by atomic mass is 10.3. The summed E-state index contributed by atoms with van der Waals surface area (Å²) >= 11 is 14.7. The van der Waals surface area contributed by atoms with Gasteiger partial charge in [0.25, 0.3) is 0 Å². The van der Waals surface area contributed by atoms with Crippen molar-refractivity contribution < 1.29 is 0 Å². The van der Waals surface area contributed by atoms with Crippen LogP contribution < -0.4 is 0 Å². The average Bonchev–Trinajstić information content (AvgIpc) is 2.64. The molecule has 3 rings (SSSR count). The maximum Gasteiger partial charge on any atom is 0.183 e. The van der Waals surface area contributed by atoms with Crippen LogP contribution in [-0.2, 0) is 0 Å². The van der Waals surface area contributed by atoms with Gasteiger partial charge in [-0.25, -0.2) is 4.98 Å². The van der Waals surface area contributed by atoms with Gasteiger partial charge < -0.3 is 4.98 Å². The van der Waals surface area contributed by atoms with Crippen LogP contribution in [-0.4, -0.2) is 14.5 Å². The maximum absolute atomic E-state index is 5.92. The maximum atomic E-state index is 5.92. The van der Waals surface area contributed by atoms with Crippen molar-refractivity contribution in [2.45, 2.75) is 0 Å². The van der Waals surface area contributed by atoms with Crippen molar-refractivity contribution in [2.24, 2.45) is 0 Å². The van der Waals surface area contributed by atoms with Gasteiger partial charge in [0.2, 0.25) is 0 Å². The first-order chi connectivity index (χ1) is 8.65. The summed E-state index contributed by atoms with van der Waals surface area (Å²) in [6.45, 7) is 0. The molecule has 2 aromatic heterocycles. The number of benzene rings is 1.